The third kappa shape index (κ3) is 3.66. The van der Waals surface area contributed by atoms with Crippen molar-refractivity contribution in [2.75, 3.05) is 0 Å². The highest BCUT2D eigenvalue weighted by molar-refractivity contribution is 9.10. The van der Waals surface area contributed by atoms with E-state index in [4.69, 9.17) is 0 Å². The second kappa shape index (κ2) is 6.51. The van der Waals surface area contributed by atoms with Gasteiger partial charge in [0.1, 0.15) is 6.04 Å². The summed E-state index contributed by atoms with van der Waals surface area (Å²) in [4.78, 5) is 0. The van der Waals surface area contributed by atoms with Gasteiger partial charge in [-0.2, -0.15) is 5.26 Å². The fourth-order valence-corrected chi connectivity index (χ4v) is 2.63. The Morgan fingerprint density at radius 1 is 1.21 bits per heavy atom. The summed E-state index contributed by atoms with van der Waals surface area (Å²) in [5.74, 6) is 0. The third-order valence-corrected chi connectivity index (χ3v) is 3.64. The fraction of sp³-hybridized carbons (Fsp3) is 0.188. The summed E-state index contributed by atoms with van der Waals surface area (Å²) in [7, 11) is 0. The quantitative estimate of drug-likeness (QED) is 0.921. The fourth-order valence-electron chi connectivity index (χ4n) is 1.91. The van der Waals surface area contributed by atoms with Crippen LogP contribution in [-0.4, -0.2) is 0 Å². The Morgan fingerprint density at radius 3 is 2.58 bits per heavy atom. The maximum Gasteiger partial charge on any atom is 0.122 e. The molecule has 19 heavy (non-hydrogen) atoms. The zero-order chi connectivity index (χ0) is 13.7. The molecule has 0 saturated heterocycles. The monoisotopic (exact) mass is 314 g/mol. The molecular formula is C16H15BrN2. The summed E-state index contributed by atoms with van der Waals surface area (Å²) < 4.78 is 0.972. The predicted molar refractivity (Wildman–Crippen MR) is 80.5 cm³/mol. The number of nitrogens with zero attached hydrogens (tertiary/aromatic N) is 1. The van der Waals surface area contributed by atoms with Gasteiger partial charge in [0.2, 0.25) is 0 Å². The van der Waals surface area contributed by atoms with E-state index < -0.39 is 0 Å². The van der Waals surface area contributed by atoms with Crippen molar-refractivity contribution in [2.45, 2.75) is 19.5 Å². The molecule has 0 aliphatic heterocycles. The Kier molecular flexibility index (Phi) is 4.73. The van der Waals surface area contributed by atoms with Crippen molar-refractivity contribution in [3.63, 3.8) is 0 Å². The van der Waals surface area contributed by atoms with Gasteiger partial charge in [-0.3, -0.25) is 5.32 Å². The summed E-state index contributed by atoms with van der Waals surface area (Å²) in [6.07, 6.45) is 0. The van der Waals surface area contributed by atoms with E-state index in [0.29, 0.717) is 6.54 Å². The van der Waals surface area contributed by atoms with E-state index in [-0.39, 0.29) is 6.04 Å². The highest BCUT2D eigenvalue weighted by Crippen LogP contribution is 2.24. The molecule has 0 amide bonds. The zero-order valence-corrected chi connectivity index (χ0v) is 12.3. The summed E-state index contributed by atoms with van der Waals surface area (Å²) in [5, 5.41) is 12.6. The molecule has 0 bridgehead atoms. The van der Waals surface area contributed by atoms with Crippen molar-refractivity contribution < 1.29 is 0 Å². The maximum atomic E-state index is 9.32. The van der Waals surface area contributed by atoms with Crippen LogP contribution in [0.15, 0.2) is 53.0 Å². The van der Waals surface area contributed by atoms with Gasteiger partial charge in [-0.15, -0.1) is 0 Å². The minimum absolute atomic E-state index is 0.310. The molecule has 0 fully saturated rings. The van der Waals surface area contributed by atoms with Crippen LogP contribution < -0.4 is 5.32 Å². The van der Waals surface area contributed by atoms with Gasteiger partial charge in [0, 0.05) is 11.0 Å². The van der Waals surface area contributed by atoms with Crippen LogP contribution in [-0.2, 0) is 6.54 Å². The van der Waals surface area contributed by atoms with Crippen LogP contribution in [0.2, 0.25) is 0 Å². The van der Waals surface area contributed by atoms with Gasteiger partial charge < -0.3 is 0 Å². The van der Waals surface area contributed by atoms with Crippen LogP contribution in [0.4, 0.5) is 0 Å². The Balaban J connectivity index is 2.11. The zero-order valence-electron chi connectivity index (χ0n) is 10.7. The Bertz CT molecular complexity index is 587. The first kappa shape index (κ1) is 13.8. The summed E-state index contributed by atoms with van der Waals surface area (Å²) in [6.45, 7) is 2.71. The minimum Gasteiger partial charge on any atom is -0.294 e. The number of halogens is 1. The molecule has 2 nitrogen and oxygen atoms in total. The molecule has 0 heterocycles. The van der Waals surface area contributed by atoms with Crippen LogP contribution in [0.25, 0.3) is 0 Å². The van der Waals surface area contributed by atoms with E-state index in [1.807, 2.05) is 55.5 Å². The van der Waals surface area contributed by atoms with Crippen molar-refractivity contribution in [1.82, 2.24) is 5.32 Å². The predicted octanol–water partition coefficient (Wildman–Crippen LogP) is 4.11. The SMILES string of the molecule is Cc1ccc(C(C#N)NCc2ccccc2)c(Br)c1. The number of hydrogen-bond donors (Lipinski definition) is 1. The van der Waals surface area contributed by atoms with Crippen molar-refractivity contribution in [3.05, 3.63) is 69.7 Å². The molecule has 0 aromatic heterocycles. The molecule has 2 aromatic rings. The lowest BCUT2D eigenvalue weighted by atomic mass is 10.1. The standard InChI is InChI=1S/C16H15BrN2/c1-12-7-8-14(15(17)9-12)16(10-18)19-11-13-5-3-2-4-6-13/h2-9,16,19H,11H2,1H3. The number of aryl methyl sites for hydroxylation is 1. The molecule has 0 radical (unpaired) electrons. The molecule has 0 saturated carbocycles. The summed E-state index contributed by atoms with van der Waals surface area (Å²) in [5.41, 5.74) is 3.32. The molecule has 0 aliphatic carbocycles. The van der Waals surface area contributed by atoms with E-state index in [9.17, 15) is 5.26 Å². The topological polar surface area (TPSA) is 35.8 Å². The van der Waals surface area contributed by atoms with E-state index in [2.05, 4.69) is 27.3 Å². The Hall–Kier alpha value is -1.63. The molecule has 1 atom stereocenters. The number of benzene rings is 2. The highest BCUT2D eigenvalue weighted by Gasteiger charge is 2.13. The van der Waals surface area contributed by atoms with Crippen molar-refractivity contribution in [1.29, 1.82) is 5.26 Å². The van der Waals surface area contributed by atoms with Crippen LogP contribution in [0.5, 0.6) is 0 Å². The van der Waals surface area contributed by atoms with Crippen molar-refractivity contribution >= 4 is 15.9 Å². The van der Waals surface area contributed by atoms with Gasteiger partial charge in [0.05, 0.1) is 6.07 Å². The van der Waals surface area contributed by atoms with Gasteiger partial charge in [-0.05, 0) is 29.7 Å². The molecular weight excluding hydrogens is 300 g/mol. The molecule has 2 aromatic carbocycles. The molecule has 3 heteroatoms. The van der Waals surface area contributed by atoms with E-state index >= 15 is 0 Å². The van der Waals surface area contributed by atoms with Crippen LogP contribution in [0.3, 0.4) is 0 Å². The summed E-state index contributed by atoms with van der Waals surface area (Å²) in [6, 6.07) is 18.1. The second-order valence-corrected chi connectivity index (χ2v) is 5.31. The van der Waals surface area contributed by atoms with Crippen LogP contribution in [0.1, 0.15) is 22.7 Å². The largest absolute Gasteiger partial charge is 0.294 e. The van der Waals surface area contributed by atoms with Crippen LogP contribution in [0, 0.1) is 18.3 Å². The Labute approximate surface area is 122 Å². The first-order chi connectivity index (χ1) is 9.20. The van der Waals surface area contributed by atoms with E-state index in [1.54, 1.807) is 0 Å². The third-order valence-electron chi connectivity index (χ3n) is 2.95. The van der Waals surface area contributed by atoms with E-state index in [0.717, 1.165) is 10.0 Å². The van der Waals surface area contributed by atoms with Crippen LogP contribution >= 0.6 is 15.9 Å². The molecule has 0 aliphatic rings. The first-order valence-corrected chi connectivity index (χ1v) is 6.93. The number of rotatable bonds is 4. The van der Waals surface area contributed by atoms with Gasteiger partial charge in [0.25, 0.3) is 0 Å². The Morgan fingerprint density at radius 2 is 1.95 bits per heavy atom. The normalized spacial score (nSPS) is 11.8. The maximum absolute atomic E-state index is 9.32. The second-order valence-electron chi connectivity index (χ2n) is 4.45. The molecule has 1 N–H and O–H groups in total. The number of nitriles is 1. The number of nitrogens with one attached hydrogen (secondary N) is 1. The van der Waals surface area contributed by atoms with Gasteiger partial charge in [0.15, 0.2) is 0 Å². The average Bonchev–Trinajstić information content (AvgIpc) is 2.42. The van der Waals surface area contributed by atoms with Crippen molar-refractivity contribution in [3.8, 4) is 6.07 Å². The minimum atomic E-state index is -0.310. The highest BCUT2D eigenvalue weighted by atomic mass is 79.9. The van der Waals surface area contributed by atoms with Gasteiger partial charge >= 0.3 is 0 Å². The summed E-state index contributed by atoms with van der Waals surface area (Å²) >= 11 is 3.52. The smallest absolute Gasteiger partial charge is 0.122 e. The molecule has 0 spiro atoms. The van der Waals surface area contributed by atoms with E-state index in [1.165, 1.54) is 11.1 Å². The average molecular weight is 315 g/mol. The van der Waals surface area contributed by atoms with Gasteiger partial charge in [-0.25, -0.2) is 0 Å². The van der Waals surface area contributed by atoms with Crippen molar-refractivity contribution in [2.24, 2.45) is 0 Å². The van der Waals surface area contributed by atoms with Gasteiger partial charge in [-0.1, -0.05) is 58.4 Å². The lowest BCUT2D eigenvalue weighted by Gasteiger charge is -2.14. The number of hydrogen-bond acceptors (Lipinski definition) is 2. The molecule has 96 valence electrons. The lowest BCUT2D eigenvalue weighted by molar-refractivity contribution is 0.628. The lowest BCUT2D eigenvalue weighted by Crippen LogP contribution is -2.19. The molecule has 1 unspecified atom stereocenters. The first-order valence-electron chi connectivity index (χ1n) is 6.13. The molecule has 2 rings (SSSR count).